The summed E-state index contributed by atoms with van der Waals surface area (Å²) >= 11 is 5.88. The van der Waals surface area contributed by atoms with Crippen LogP contribution < -0.4 is 9.47 Å². The van der Waals surface area contributed by atoms with Crippen LogP contribution in [-0.2, 0) is 11.2 Å². The van der Waals surface area contributed by atoms with E-state index in [2.05, 4.69) is 0 Å². The zero-order valence-electron chi connectivity index (χ0n) is 17.5. The predicted molar refractivity (Wildman–Crippen MR) is 112 cm³/mol. The van der Waals surface area contributed by atoms with Gasteiger partial charge < -0.3 is 19.1 Å². The van der Waals surface area contributed by atoms with Crippen LogP contribution in [0.25, 0.3) is 0 Å². The van der Waals surface area contributed by atoms with Crippen LogP contribution in [0.1, 0.15) is 56.5 Å². The van der Waals surface area contributed by atoms with Gasteiger partial charge in [0.15, 0.2) is 17.6 Å². The zero-order chi connectivity index (χ0) is 21.6. The SMILES string of the molecule is CC1c2c(ccc3c2O[C@@H](c2ccc(Cl)cc2F)CO3)CCN1C(=O)OC(C)(C)C. The molecule has 0 saturated heterocycles. The summed E-state index contributed by atoms with van der Waals surface area (Å²) in [4.78, 5) is 14.4. The third-order valence-electron chi connectivity index (χ3n) is 5.35. The van der Waals surface area contributed by atoms with Gasteiger partial charge in [-0.3, -0.25) is 0 Å². The number of carbonyl (C=O) groups is 1. The summed E-state index contributed by atoms with van der Waals surface area (Å²) < 4.78 is 32.2. The number of nitrogens with zero attached hydrogens (tertiary/aromatic N) is 1. The molecule has 0 bridgehead atoms. The van der Waals surface area contributed by atoms with Gasteiger partial charge >= 0.3 is 6.09 Å². The van der Waals surface area contributed by atoms with E-state index in [0.29, 0.717) is 35.1 Å². The first-order chi connectivity index (χ1) is 14.1. The van der Waals surface area contributed by atoms with Gasteiger partial charge in [-0.2, -0.15) is 0 Å². The molecule has 1 amide bonds. The van der Waals surface area contributed by atoms with E-state index in [0.717, 1.165) is 11.1 Å². The predicted octanol–water partition coefficient (Wildman–Crippen LogP) is 5.85. The summed E-state index contributed by atoms with van der Waals surface area (Å²) in [5.74, 6) is 0.712. The van der Waals surface area contributed by atoms with Crippen molar-refractivity contribution in [3.8, 4) is 11.5 Å². The number of halogens is 2. The van der Waals surface area contributed by atoms with E-state index < -0.39 is 17.5 Å². The van der Waals surface area contributed by atoms with Crippen molar-refractivity contribution in [3.05, 3.63) is 57.9 Å². The average Bonchev–Trinajstić information content (AvgIpc) is 2.66. The number of hydrogen-bond donors (Lipinski definition) is 0. The highest BCUT2D eigenvalue weighted by Crippen LogP contribution is 2.46. The highest BCUT2D eigenvalue weighted by atomic mass is 35.5. The molecule has 0 saturated carbocycles. The standard InChI is InChI=1S/C23H25ClFNO4/c1-13-20-14(9-10-26(13)22(27)30-23(2,3)4)5-8-18-21(20)29-19(12-28-18)16-7-6-15(24)11-17(16)25/h5-8,11,13,19H,9-10,12H2,1-4H3/t13?,19-/m1/s1. The summed E-state index contributed by atoms with van der Waals surface area (Å²) in [7, 11) is 0. The Labute approximate surface area is 180 Å². The molecule has 2 aromatic carbocycles. The van der Waals surface area contributed by atoms with Crippen LogP contribution in [-0.4, -0.2) is 29.7 Å². The molecule has 2 aliphatic heterocycles. The lowest BCUT2D eigenvalue weighted by atomic mass is 9.92. The fraction of sp³-hybridized carbons (Fsp3) is 0.435. The molecule has 4 rings (SSSR count). The van der Waals surface area contributed by atoms with Gasteiger partial charge in [-0.1, -0.05) is 23.7 Å². The lowest BCUT2D eigenvalue weighted by molar-refractivity contribution is 0.0148. The average molecular weight is 434 g/mol. The van der Waals surface area contributed by atoms with Gasteiger partial charge in [-0.15, -0.1) is 0 Å². The van der Waals surface area contributed by atoms with E-state index in [1.54, 1.807) is 17.0 Å². The van der Waals surface area contributed by atoms with Crippen molar-refractivity contribution in [1.29, 1.82) is 0 Å². The van der Waals surface area contributed by atoms with Crippen LogP contribution in [0.2, 0.25) is 5.02 Å². The smallest absolute Gasteiger partial charge is 0.410 e. The molecule has 5 nitrogen and oxygen atoms in total. The molecule has 0 fully saturated rings. The largest absolute Gasteiger partial charge is 0.485 e. The topological polar surface area (TPSA) is 48.0 Å². The van der Waals surface area contributed by atoms with Gasteiger partial charge in [0.25, 0.3) is 0 Å². The van der Waals surface area contributed by atoms with E-state index in [1.165, 1.54) is 6.07 Å². The highest BCUT2D eigenvalue weighted by molar-refractivity contribution is 6.30. The number of ether oxygens (including phenoxy) is 3. The number of amides is 1. The minimum absolute atomic E-state index is 0.189. The quantitative estimate of drug-likeness (QED) is 0.566. The molecule has 160 valence electrons. The Kier molecular flexibility index (Phi) is 5.30. The number of benzene rings is 2. The van der Waals surface area contributed by atoms with Crippen molar-refractivity contribution in [3.63, 3.8) is 0 Å². The summed E-state index contributed by atoms with van der Waals surface area (Å²) in [5.41, 5.74) is 1.77. The van der Waals surface area contributed by atoms with Gasteiger partial charge in [0.05, 0.1) is 6.04 Å². The second kappa shape index (κ2) is 7.65. The van der Waals surface area contributed by atoms with Crippen LogP contribution in [0.15, 0.2) is 30.3 Å². The number of carbonyl (C=O) groups excluding carboxylic acids is 1. The molecule has 0 radical (unpaired) electrons. The molecule has 0 aromatic heterocycles. The molecule has 7 heteroatoms. The maximum atomic E-state index is 14.5. The molecule has 0 N–H and O–H groups in total. The molecule has 30 heavy (non-hydrogen) atoms. The van der Waals surface area contributed by atoms with Gasteiger partial charge in [-0.05, 0) is 57.9 Å². The third kappa shape index (κ3) is 3.93. The second-order valence-electron chi connectivity index (χ2n) is 8.65. The fourth-order valence-corrected chi connectivity index (χ4v) is 4.11. The zero-order valence-corrected chi connectivity index (χ0v) is 18.3. The van der Waals surface area contributed by atoms with Crippen LogP contribution >= 0.6 is 11.6 Å². The van der Waals surface area contributed by atoms with Crippen LogP contribution in [0.4, 0.5) is 9.18 Å². The first-order valence-electron chi connectivity index (χ1n) is 10.0. The third-order valence-corrected chi connectivity index (χ3v) is 5.58. The number of fused-ring (bicyclic) bond motifs is 3. The van der Waals surface area contributed by atoms with Crippen molar-refractivity contribution < 1.29 is 23.4 Å². The lowest BCUT2D eigenvalue weighted by Crippen LogP contribution is -2.42. The van der Waals surface area contributed by atoms with Crippen molar-refractivity contribution in [2.45, 2.75) is 51.9 Å². The van der Waals surface area contributed by atoms with Crippen molar-refractivity contribution in [2.24, 2.45) is 0 Å². The summed E-state index contributed by atoms with van der Waals surface area (Å²) in [6, 6.07) is 8.12. The van der Waals surface area contributed by atoms with Crippen LogP contribution in [0, 0.1) is 5.82 Å². The molecule has 2 aliphatic rings. The minimum atomic E-state index is -0.606. The minimum Gasteiger partial charge on any atom is -0.485 e. The maximum absolute atomic E-state index is 14.5. The van der Waals surface area contributed by atoms with Gasteiger partial charge in [0.1, 0.15) is 18.0 Å². The fourth-order valence-electron chi connectivity index (χ4n) is 3.95. The Balaban J connectivity index is 1.67. The van der Waals surface area contributed by atoms with E-state index in [4.69, 9.17) is 25.8 Å². The first kappa shape index (κ1) is 20.8. The van der Waals surface area contributed by atoms with Crippen molar-refractivity contribution in [2.75, 3.05) is 13.2 Å². The maximum Gasteiger partial charge on any atom is 0.410 e. The van der Waals surface area contributed by atoms with Gasteiger partial charge in [-0.25, -0.2) is 9.18 Å². The Bertz CT molecular complexity index is 988. The van der Waals surface area contributed by atoms with Gasteiger partial charge in [0, 0.05) is 22.7 Å². The van der Waals surface area contributed by atoms with E-state index >= 15 is 0 Å². The molecule has 2 aromatic rings. The molecular formula is C23H25ClFNO4. The summed E-state index contributed by atoms with van der Waals surface area (Å²) in [6.45, 7) is 8.22. The monoisotopic (exact) mass is 433 g/mol. The molecular weight excluding hydrogens is 409 g/mol. The van der Waals surface area contributed by atoms with E-state index in [9.17, 15) is 9.18 Å². The number of hydrogen-bond acceptors (Lipinski definition) is 4. The second-order valence-corrected chi connectivity index (χ2v) is 9.09. The van der Waals surface area contributed by atoms with E-state index in [-0.39, 0.29) is 18.7 Å². The molecule has 0 aliphatic carbocycles. The lowest BCUT2D eigenvalue weighted by Gasteiger charge is -2.39. The summed E-state index contributed by atoms with van der Waals surface area (Å²) in [6.07, 6.45) is -0.296. The van der Waals surface area contributed by atoms with Crippen molar-refractivity contribution in [1.82, 2.24) is 4.90 Å². The Morgan fingerprint density at radius 2 is 2.03 bits per heavy atom. The van der Waals surface area contributed by atoms with Gasteiger partial charge in [0.2, 0.25) is 0 Å². The van der Waals surface area contributed by atoms with Crippen LogP contribution in [0.5, 0.6) is 11.5 Å². The van der Waals surface area contributed by atoms with Crippen LogP contribution in [0.3, 0.4) is 0 Å². The van der Waals surface area contributed by atoms with E-state index in [1.807, 2.05) is 39.8 Å². The highest BCUT2D eigenvalue weighted by Gasteiger charge is 2.36. The normalized spacial score (nSPS) is 20.5. The Morgan fingerprint density at radius 3 is 2.73 bits per heavy atom. The molecule has 2 atom stereocenters. The number of rotatable bonds is 1. The molecule has 1 unspecified atom stereocenters. The molecule has 0 spiro atoms. The summed E-state index contributed by atoms with van der Waals surface area (Å²) in [5, 5.41) is 0.326. The first-order valence-corrected chi connectivity index (χ1v) is 10.4. The van der Waals surface area contributed by atoms with Crippen molar-refractivity contribution >= 4 is 17.7 Å². The Hall–Kier alpha value is -2.47. The Morgan fingerprint density at radius 1 is 1.27 bits per heavy atom. The molecule has 2 heterocycles.